The molecule has 0 atom stereocenters. The van der Waals surface area contributed by atoms with Crippen LogP contribution in [0.15, 0.2) is 114 Å². The number of hydrogen-bond donors (Lipinski definition) is 1. The van der Waals surface area contributed by atoms with E-state index >= 15 is 0 Å². The second-order valence-electron chi connectivity index (χ2n) is 9.01. The Kier molecular flexibility index (Phi) is 8.31. The van der Waals surface area contributed by atoms with Crippen LogP contribution in [-0.2, 0) is 20.9 Å². The van der Waals surface area contributed by atoms with Gasteiger partial charge in [-0.2, -0.15) is 0 Å². The summed E-state index contributed by atoms with van der Waals surface area (Å²) in [4.78, 5) is 51.6. The molecular weight excluding hydrogens is 560 g/mol. The Morgan fingerprint density at radius 2 is 1.33 bits per heavy atom. The number of ether oxygens (including phenoxy) is 3. The number of methoxy groups -OCH3 is 1. The van der Waals surface area contributed by atoms with Gasteiger partial charge in [-0.15, -0.1) is 0 Å². The maximum absolute atomic E-state index is 13.0. The number of imide groups is 1. The molecule has 1 heterocycles. The molecule has 0 unspecified atom stereocenters. The standard InChI is InChI=1S/C32H23ClN2O7/c1-40-25-17-13-24(14-18-25)35-29(36)27(33)28(30(35)37)34-23-11-7-22(8-12-23)32(39)42-26-15-9-21(10-16-26)31(38)41-19-20-5-3-2-4-6-20/h2-18,34H,19H2,1H3. The first-order valence-electron chi connectivity index (χ1n) is 12.7. The van der Waals surface area contributed by atoms with Gasteiger partial charge in [-0.3, -0.25) is 9.59 Å². The summed E-state index contributed by atoms with van der Waals surface area (Å²) in [5, 5.41) is 2.60. The highest BCUT2D eigenvalue weighted by atomic mass is 35.5. The zero-order valence-electron chi connectivity index (χ0n) is 22.2. The van der Waals surface area contributed by atoms with E-state index in [0.29, 0.717) is 22.7 Å². The first-order valence-corrected chi connectivity index (χ1v) is 13.0. The predicted octanol–water partition coefficient (Wildman–Crippen LogP) is 5.71. The number of amides is 2. The van der Waals surface area contributed by atoms with Crippen molar-refractivity contribution >= 4 is 46.7 Å². The normalized spacial score (nSPS) is 12.8. The number of rotatable bonds is 9. The van der Waals surface area contributed by atoms with Crippen LogP contribution in [0.3, 0.4) is 0 Å². The Labute approximate surface area is 245 Å². The third kappa shape index (κ3) is 6.16. The highest BCUT2D eigenvalue weighted by Crippen LogP contribution is 2.31. The highest BCUT2D eigenvalue weighted by molar-refractivity contribution is 6.53. The Bertz CT molecular complexity index is 1670. The van der Waals surface area contributed by atoms with Gasteiger partial charge in [0.2, 0.25) is 0 Å². The van der Waals surface area contributed by atoms with E-state index in [1.165, 1.54) is 43.5 Å². The third-order valence-corrected chi connectivity index (χ3v) is 6.61. The van der Waals surface area contributed by atoms with Gasteiger partial charge in [0.15, 0.2) is 0 Å². The first-order chi connectivity index (χ1) is 20.3. The van der Waals surface area contributed by atoms with Crippen molar-refractivity contribution < 1.29 is 33.4 Å². The molecule has 9 nitrogen and oxygen atoms in total. The number of halogens is 1. The molecule has 5 rings (SSSR count). The molecule has 2 amide bonds. The largest absolute Gasteiger partial charge is 0.497 e. The van der Waals surface area contributed by atoms with Crippen molar-refractivity contribution in [1.82, 2.24) is 0 Å². The minimum Gasteiger partial charge on any atom is -0.497 e. The number of esters is 2. The average molecular weight is 583 g/mol. The molecule has 0 saturated carbocycles. The zero-order valence-corrected chi connectivity index (χ0v) is 23.0. The molecule has 0 aliphatic carbocycles. The summed E-state index contributed by atoms with van der Waals surface area (Å²) < 4.78 is 15.8. The van der Waals surface area contributed by atoms with Crippen LogP contribution in [0.5, 0.6) is 11.5 Å². The topological polar surface area (TPSA) is 111 Å². The Morgan fingerprint density at radius 1 is 0.738 bits per heavy atom. The van der Waals surface area contributed by atoms with Crippen LogP contribution >= 0.6 is 11.6 Å². The van der Waals surface area contributed by atoms with Gasteiger partial charge in [0.1, 0.15) is 28.8 Å². The lowest BCUT2D eigenvalue weighted by atomic mass is 10.2. The van der Waals surface area contributed by atoms with Crippen molar-refractivity contribution in [3.8, 4) is 11.5 Å². The predicted molar refractivity (Wildman–Crippen MR) is 155 cm³/mol. The molecular formula is C32H23ClN2O7. The van der Waals surface area contributed by atoms with E-state index in [4.69, 9.17) is 25.8 Å². The van der Waals surface area contributed by atoms with Crippen LogP contribution in [0.25, 0.3) is 0 Å². The average Bonchev–Trinajstić information content (AvgIpc) is 3.23. The highest BCUT2D eigenvalue weighted by Gasteiger charge is 2.39. The third-order valence-electron chi connectivity index (χ3n) is 6.26. The molecule has 210 valence electrons. The van der Waals surface area contributed by atoms with Crippen molar-refractivity contribution in [2.45, 2.75) is 6.61 Å². The van der Waals surface area contributed by atoms with E-state index in [-0.39, 0.29) is 28.6 Å². The summed E-state index contributed by atoms with van der Waals surface area (Å²) in [6.45, 7) is 0.149. The molecule has 1 N–H and O–H groups in total. The fraction of sp³-hybridized carbons (Fsp3) is 0.0625. The van der Waals surface area contributed by atoms with Crippen LogP contribution in [0, 0.1) is 0 Å². The molecule has 4 aromatic rings. The van der Waals surface area contributed by atoms with E-state index in [2.05, 4.69) is 5.32 Å². The maximum Gasteiger partial charge on any atom is 0.343 e. The fourth-order valence-corrected chi connectivity index (χ4v) is 4.26. The zero-order chi connectivity index (χ0) is 29.6. The number of nitrogens with zero attached hydrogens (tertiary/aromatic N) is 1. The van der Waals surface area contributed by atoms with Crippen molar-refractivity contribution in [1.29, 1.82) is 0 Å². The first kappa shape index (κ1) is 28.1. The van der Waals surface area contributed by atoms with E-state index in [0.717, 1.165) is 10.5 Å². The van der Waals surface area contributed by atoms with Crippen molar-refractivity contribution in [3.05, 3.63) is 131 Å². The minimum atomic E-state index is -0.662. The van der Waals surface area contributed by atoms with Gasteiger partial charge < -0.3 is 19.5 Å². The number of hydrogen-bond acceptors (Lipinski definition) is 8. The molecule has 10 heteroatoms. The van der Waals surface area contributed by atoms with Crippen LogP contribution in [0.4, 0.5) is 11.4 Å². The second-order valence-corrected chi connectivity index (χ2v) is 9.39. The van der Waals surface area contributed by atoms with Crippen LogP contribution in [0.2, 0.25) is 0 Å². The number of nitrogens with one attached hydrogen (secondary N) is 1. The fourth-order valence-electron chi connectivity index (χ4n) is 4.04. The van der Waals surface area contributed by atoms with Gasteiger partial charge in [-0.05, 0) is 78.4 Å². The molecule has 1 aliphatic heterocycles. The summed E-state index contributed by atoms with van der Waals surface area (Å²) in [5.41, 5.74) is 2.11. The SMILES string of the molecule is COc1ccc(N2C(=O)C(Cl)=C(Nc3ccc(C(=O)Oc4ccc(C(=O)OCc5ccccc5)cc4)cc3)C2=O)cc1. The van der Waals surface area contributed by atoms with Gasteiger partial charge in [0.05, 0.1) is 23.9 Å². The smallest absolute Gasteiger partial charge is 0.343 e. The van der Waals surface area contributed by atoms with Crippen LogP contribution in [-0.4, -0.2) is 30.9 Å². The lowest BCUT2D eigenvalue weighted by Crippen LogP contribution is -2.32. The monoisotopic (exact) mass is 582 g/mol. The summed E-state index contributed by atoms with van der Waals surface area (Å²) >= 11 is 6.20. The molecule has 0 bridgehead atoms. The van der Waals surface area contributed by atoms with Crippen molar-refractivity contribution in [2.75, 3.05) is 17.3 Å². The van der Waals surface area contributed by atoms with E-state index in [1.807, 2.05) is 30.3 Å². The van der Waals surface area contributed by atoms with E-state index < -0.39 is 23.8 Å². The molecule has 0 aromatic heterocycles. The molecule has 42 heavy (non-hydrogen) atoms. The summed E-state index contributed by atoms with van der Waals surface area (Å²) in [7, 11) is 1.51. The lowest BCUT2D eigenvalue weighted by molar-refractivity contribution is -0.120. The number of benzene rings is 4. The van der Waals surface area contributed by atoms with Crippen LogP contribution in [0.1, 0.15) is 26.3 Å². The van der Waals surface area contributed by atoms with Gasteiger partial charge >= 0.3 is 11.9 Å². The second kappa shape index (κ2) is 12.4. The molecule has 0 spiro atoms. The molecule has 0 fully saturated rings. The van der Waals surface area contributed by atoms with Crippen LogP contribution < -0.4 is 19.7 Å². The quantitative estimate of drug-likeness (QED) is 0.152. The molecule has 0 radical (unpaired) electrons. The van der Waals surface area contributed by atoms with Crippen molar-refractivity contribution in [3.63, 3.8) is 0 Å². The number of carbonyl (C=O) groups is 4. The Hall–Kier alpha value is -5.41. The molecule has 1 aliphatic rings. The van der Waals surface area contributed by atoms with Gasteiger partial charge in [0, 0.05) is 5.69 Å². The molecule has 4 aromatic carbocycles. The summed E-state index contributed by atoms with van der Waals surface area (Å²) in [6, 6.07) is 27.8. The summed E-state index contributed by atoms with van der Waals surface area (Å²) in [5.74, 6) is -1.59. The van der Waals surface area contributed by atoms with Crippen molar-refractivity contribution in [2.24, 2.45) is 0 Å². The minimum absolute atomic E-state index is 0.0878. The Balaban J connectivity index is 1.18. The van der Waals surface area contributed by atoms with Gasteiger partial charge in [-0.25, -0.2) is 14.5 Å². The molecule has 0 saturated heterocycles. The van der Waals surface area contributed by atoms with E-state index in [9.17, 15) is 19.2 Å². The number of anilines is 2. The summed E-state index contributed by atoms with van der Waals surface area (Å²) in [6.07, 6.45) is 0. The van der Waals surface area contributed by atoms with E-state index in [1.54, 1.807) is 36.4 Å². The number of carbonyl (C=O) groups excluding carboxylic acids is 4. The van der Waals surface area contributed by atoms with Gasteiger partial charge in [0.25, 0.3) is 11.8 Å². The lowest BCUT2D eigenvalue weighted by Gasteiger charge is -2.15. The van der Waals surface area contributed by atoms with Gasteiger partial charge in [-0.1, -0.05) is 41.9 Å². The maximum atomic E-state index is 13.0. The Morgan fingerprint density at radius 3 is 1.98 bits per heavy atom.